The first-order chi connectivity index (χ1) is 7.09. The van der Waals surface area contributed by atoms with Crippen molar-refractivity contribution in [1.29, 1.82) is 5.41 Å². The van der Waals surface area contributed by atoms with Gasteiger partial charge in [-0.1, -0.05) is 0 Å². The Balaban J connectivity index is 2.39. The van der Waals surface area contributed by atoms with E-state index in [2.05, 4.69) is 5.32 Å². The van der Waals surface area contributed by atoms with Crippen LogP contribution in [0.1, 0.15) is 10.4 Å². The minimum atomic E-state index is -0.213. The Kier molecular flexibility index (Phi) is 2.32. The van der Waals surface area contributed by atoms with Gasteiger partial charge < -0.3 is 4.90 Å². The van der Waals surface area contributed by atoms with Gasteiger partial charge in [0, 0.05) is 11.9 Å². The van der Waals surface area contributed by atoms with Crippen molar-refractivity contribution in [2.45, 2.75) is 6.92 Å². The molecule has 2 rings (SSSR count). The van der Waals surface area contributed by atoms with Gasteiger partial charge in [-0.2, -0.15) is 0 Å². The summed E-state index contributed by atoms with van der Waals surface area (Å²) in [5.74, 6) is -0.0873. The molecule has 15 heavy (non-hydrogen) atoms. The molecule has 1 amide bonds. The highest BCUT2D eigenvalue weighted by Gasteiger charge is 2.26. The molecule has 1 fully saturated rings. The number of likely N-dealkylation sites (N-methyl/N-ethyl adjacent to an activating group) is 1. The van der Waals surface area contributed by atoms with Crippen LogP contribution in [-0.4, -0.2) is 23.8 Å². The Bertz CT molecular complexity index is 461. The number of amides is 1. The summed E-state index contributed by atoms with van der Waals surface area (Å²) in [6.45, 7) is 2.00. The highest BCUT2D eigenvalue weighted by atomic mass is 32.1. The van der Waals surface area contributed by atoms with E-state index in [1.807, 2.05) is 24.4 Å². The zero-order valence-corrected chi connectivity index (χ0v) is 9.31. The van der Waals surface area contributed by atoms with Crippen molar-refractivity contribution in [3.05, 3.63) is 27.6 Å². The second-order valence-corrected chi connectivity index (χ2v) is 4.31. The SMILES string of the molecule is Cc1ccsc1C=C1C(=O)NC(=N)N1C. The molecule has 4 nitrogen and oxygen atoms in total. The summed E-state index contributed by atoms with van der Waals surface area (Å²) in [6.07, 6.45) is 1.82. The first-order valence-corrected chi connectivity index (χ1v) is 5.37. The number of rotatable bonds is 1. The quantitative estimate of drug-likeness (QED) is 0.704. The maximum atomic E-state index is 11.5. The minimum Gasteiger partial charge on any atom is -0.311 e. The molecule has 1 aromatic rings. The number of thiophene rings is 1. The molecule has 0 aromatic carbocycles. The van der Waals surface area contributed by atoms with Gasteiger partial charge in [0.15, 0.2) is 0 Å². The standard InChI is InChI=1S/C10H11N3OS/c1-6-3-4-15-8(6)5-7-9(14)12-10(11)13(7)2/h3-5H,1-2H3,(H2,11,12,14). The monoisotopic (exact) mass is 221 g/mol. The number of guanidine groups is 1. The molecule has 5 heteroatoms. The molecular weight excluding hydrogens is 210 g/mol. The van der Waals surface area contributed by atoms with Gasteiger partial charge in [-0.05, 0) is 30.0 Å². The largest absolute Gasteiger partial charge is 0.311 e. The molecule has 1 saturated heterocycles. The van der Waals surface area contributed by atoms with E-state index in [0.717, 1.165) is 10.4 Å². The summed E-state index contributed by atoms with van der Waals surface area (Å²) >= 11 is 1.59. The summed E-state index contributed by atoms with van der Waals surface area (Å²) < 4.78 is 0. The highest BCUT2D eigenvalue weighted by molar-refractivity contribution is 7.11. The van der Waals surface area contributed by atoms with Crippen molar-refractivity contribution >= 4 is 29.3 Å². The predicted molar refractivity (Wildman–Crippen MR) is 60.7 cm³/mol. The van der Waals surface area contributed by atoms with Crippen LogP contribution in [0.4, 0.5) is 0 Å². The van der Waals surface area contributed by atoms with Gasteiger partial charge in [-0.3, -0.25) is 15.5 Å². The van der Waals surface area contributed by atoms with Crippen LogP contribution in [0.25, 0.3) is 6.08 Å². The van der Waals surface area contributed by atoms with Gasteiger partial charge in [0.05, 0.1) is 0 Å². The molecule has 0 atom stereocenters. The number of nitrogens with one attached hydrogen (secondary N) is 2. The fraction of sp³-hybridized carbons (Fsp3) is 0.200. The van der Waals surface area contributed by atoms with E-state index >= 15 is 0 Å². The van der Waals surface area contributed by atoms with Crippen LogP contribution in [0.2, 0.25) is 0 Å². The van der Waals surface area contributed by atoms with Gasteiger partial charge in [-0.25, -0.2) is 0 Å². The number of hydrogen-bond donors (Lipinski definition) is 2. The van der Waals surface area contributed by atoms with Gasteiger partial charge in [0.1, 0.15) is 5.70 Å². The molecule has 0 bridgehead atoms. The maximum Gasteiger partial charge on any atom is 0.274 e. The lowest BCUT2D eigenvalue weighted by Gasteiger charge is -2.08. The number of nitrogens with zero attached hydrogens (tertiary/aromatic N) is 1. The molecule has 0 spiro atoms. The summed E-state index contributed by atoms with van der Waals surface area (Å²) in [5, 5.41) is 11.9. The molecule has 78 valence electrons. The highest BCUT2D eigenvalue weighted by Crippen LogP contribution is 2.21. The molecule has 0 radical (unpaired) electrons. The Morgan fingerprint density at radius 3 is 2.80 bits per heavy atom. The normalized spacial score (nSPS) is 18.8. The molecule has 1 aliphatic rings. The Morgan fingerprint density at radius 1 is 1.60 bits per heavy atom. The van der Waals surface area contributed by atoms with Gasteiger partial charge in [0.2, 0.25) is 5.96 Å². The Hall–Kier alpha value is -1.62. The van der Waals surface area contributed by atoms with Crippen molar-refractivity contribution in [2.24, 2.45) is 0 Å². The van der Waals surface area contributed by atoms with Crippen LogP contribution in [0.15, 0.2) is 17.1 Å². The molecular formula is C10H11N3OS. The smallest absolute Gasteiger partial charge is 0.274 e. The van der Waals surface area contributed by atoms with Crippen LogP contribution < -0.4 is 5.32 Å². The van der Waals surface area contributed by atoms with Crippen molar-refractivity contribution in [1.82, 2.24) is 10.2 Å². The molecule has 1 aromatic heterocycles. The maximum absolute atomic E-state index is 11.5. The molecule has 0 saturated carbocycles. The Labute approximate surface area is 91.7 Å². The lowest BCUT2D eigenvalue weighted by molar-refractivity contribution is -0.115. The minimum absolute atomic E-state index is 0.125. The number of hydrogen-bond acceptors (Lipinski definition) is 3. The first kappa shape index (κ1) is 9.92. The second kappa shape index (κ2) is 3.51. The third kappa shape index (κ3) is 1.66. The van der Waals surface area contributed by atoms with Crippen LogP contribution in [0.3, 0.4) is 0 Å². The summed E-state index contributed by atoms with van der Waals surface area (Å²) in [7, 11) is 1.70. The van der Waals surface area contributed by atoms with Crippen molar-refractivity contribution in [2.75, 3.05) is 7.05 Å². The third-order valence-corrected chi connectivity index (χ3v) is 3.30. The van der Waals surface area contributed by atoms with Gasteiger partial charge in [-0.15, -0.1) is 11.3 Å². The zero-order valence-electron chi connectivity index (χ0n) is 8.50. The summed E-state index contributed by atoms with van der Waals surface area (Å²) in [5.41, 5.74) is 1.66. The second-order valence-electron chi connectivity index (χ2n) is 3.36. The molecule has 2 N–H and O–H groups in total. The number of carbonyl (C=O) groups excluding carboxylic acids is 1. The van der Waals surface area contributed by atoms with E-state index in [-0.39, 0.29) is 11.9 Å². The fourth-order valence-corrected chi connectivity index (χ4v) is 2.20. The van der Waals surface area contributed by atoms with Crippen molar-refractivity contribution < 1.29 is 4.79 Å². The Morgan fingerprint density at radius 2 is 2.33 bits per heavy atom. The first-order valence-electron chi connectivity index (χ1n) is 4.49. The molecule has 0 aliphatic carbocycles. The van der Waals surface area contributed by atoms with Crippen molar-refractivity contribution in [3.63, 3.8) is 0 Å². The van der Waals surface area contributed by atoms with E-state index in [1.54, 1.807) is 23.3 Å². The van der Waals surface area contributed by atoms with E-state index < -0.39 is 0 Å². The van der Waals surface area contributed by atoms with Gasteiger partial charge in [0.25, 0.3) is 5.91 Å². The lowest BCUT2D eigenvalue weighted by atomic mass is 10.2. The van der Waals surface area contributed by atoms with E-state index in [9.17, 15) is 4.79 Å². The summed E-state index contributed by atoms with van der Waals surface area (Å²) in [6, 6.07) is 2.01. The topological polar surface area (TPSA) is 56.2 Å². The number of aryl methyl sites for hydroxylation is 1. The fourth-order valence-electron chi connectivity index (χ4n) is 1.35. The average Bonchev–Trinajstić information content (AvgIpc) is 2.67. The van der Waals surface area contributed by atoms with E-state index in [0.29, 0.717) is 5.70 Å². The van der Waals surface area contributed by atoms with Crippen LogP contribution >= 0.6 is 11.3 Å². The molecule has 1 aliphatic heterocycles. The van der Waals surface area contributed by atoms with E-state index in [1.165, 1.54) is 0 Å². The molecule has 0 unspecified atom stereocenters. The number of carbonyl (C=O) groups is 1. The van der Waals surface area contributed by atoms with Crippen LogP contribution in [0.5, 0.6) is 0 Å². The lowest BCUT2D eigenvalue weighted by Crippen LogP contribution is -2.25. The zero-order chi connectivity index (χ0) is 11.0. The summed E-state index contributed by atoms with van der Waals surface area (Å²) in [4.78, 5) is 14.1. The van der Waals surface area contributed by atoms with Crippen LogP contribution in [0, 0.1) is 12.3 Å². The van der Waals surface area contributed by atoms with E-state index in [4.69, 9.17) is 5.41 Å². The third-order valence-electron chi connectivity index (χ3n) is 2.33. The average molecular weight is 221 g/mol. The van der Waals surface area contributed by atoms with Crippen LogP contribution in [-0.2, 0) is 4.79 Å². The van der Waals surface area contributed by atoms with Gasteiger partial charge >= 0.3 is 0 Å². The molecule has 2 heterocycles. The predicted octanol–water partition coefficient (Wildman–Crippen LogP) is 1.39. The van der Waals surface area contributed by atoms with Crippen molar-refractivity contribution in [3.8, 4) is 0 Å².